The van der Waals surface area contributed by atoms with Gasteiger partial charge in [-0.3, -0.25) is 9.59 Å². The number of hydrogen-bond donors (Lipinski definition) is 2. The molecule has 6 heteroatoms. The summed E-state index contributed by atoms with van der Waals surface area (Å²) in [7, 11) is 0. The third-order valence-electron chi connectivity index (χ3n) is 5.68. The average molecular weight is 396 g/mol. The maximum absolute atomic E-state index is 13.0. The van der Waals surface area contributed by atoms with E-state index in [-0.39, 0.29) is 23.1 Å². The number of aromatic amines is 1. The lowest BCUT2D eigenvalue weighted by atomic mass is 10.0. The van der Waals surface area contributed by atoms with Crippen LogP contribution in [0.4, 0.5) is 0 Å². The number of aromatic nitrogens is 1. The third-order valence-corrected chi connectivity index (χ3v) is 5.68. The Kier molecular flexibility index (Phi) is 5.88. The molecule has 0 saturated heterocycles. The van der Waals surface area contributed by atoms with Crippen LogP contribution in [-0.2, 0) is 12.8 Å². The number of nitrogens with one attached hydrogen (secondary N) is 2. The Morgan fingerprint density at radius 2 is 1.90 bits per heavy atom. The summed E-state index contributed by atoms with van der Waals surface area (Å²) < 4.78 is 11.3. The van der Waals surface area contributed by atoms with Gasteiger partial charge in [0, 0.05) is 5.69 Å². The molecule has 2 aromatic rings. The zero-order valence-corrected chi connectivity index (χ0v) is 16.9. The van der Waals surface area contributed by atoms with Crippen LogP contribution in [0.3, 0.4) is 0 Å². The van der Waals surface area contributed by atoms with E-state index in [2.05, 4.69) is 17.2 Å². The number of amides is 1. The number of fused-ring (bicyclic) bond motifs is 2. The second-order valence-corrected chi connectivity index (χ2v) is 7.79. The Hall–Kier alpha value is -2.76. The summed E-state index contributed by atoms with van der Waals surface area (Å²) in [4.78, 5) is 28.5. The molecule has 2 aliphatic rings. The smallest absolute Gasteiger partial charge is 0.261 e. The molecule has 0 fully saturated rings. The van der Waals surface area contributed by atoms with Crippen molar-refractivity contribution in [2.45, 2.75) is 57.9 Å². The fraction of sp³-hybridized carbons (Fsp3) is 0.478. The molecule has 1 aliphatic carbocycles. The maximum atomic E-state index is 13.0. The number of rotatable bonds is 5. The summed E-state index contributed by atoms with van der Waals surface area (Å²) in [6, 6.07) is 7.36. The summed E-state index contributed by atoms with van der Waals surface area (Å²) in [5.74, 6) is 1.10. The first kappa shape index (κ1) is 19.6. The fourth-order valence-electron chi connectivity index (χ4n) is 4.14. The predicted molar refractivity (Wildman–Crippen MR) is 111 cm³/mol. The summed E-state index contributed by atoms with van der Waals surface area (Å²) in [6.07, 6.45) is 6.79. The van der Waals surface area contributed by atoms with Gasteiger partial charge in [0.25, 0.3) is 11.5 Å². The van der Waals surface area contributed by atoms with Crippen molar-refractivity contribution in [3.8, 4) is 11.5 Å². The molecule has 0 spiro atoms. The Morgan fingerprint density at radius 3 is 2.72 bits per heavy atom. The van der Waals surface area contributed by atoms with Crippen molar-refractivity contribution < 1.29 is 14.3 Å². The fourth-order valence-corrected chi connectivity index (χ4v) is 4.14. The van der Waals surface area contributed by atoms with E-state index in [1.165, 1.54) is 0 Å². The third kappa shape index (κ3) is 4.31. The molecule has 1 aliphatic heterocycles. The van der Waals surface area contributed by atoms with E-state index in [4.69, 9.17) is 9.47 Å². The molecule has 0 radical (unpaired) electrons. The quantitative estimate of drug-likeness (QED) is 0.756. The lowest BCUT2D eigenvalue weighted by Gasteiger charge is -2.23. The summed E-state index contributed by atoms with van der Waals surface area (Å²) >= 11 is 0. The van der Waals surface area contributed by atoms with Crippen molar-refractivity contribution >= 4 is 5.91 Å². The number of carbonyl (C=O) groups excluding carboxylic acids is 1. The minimum Gasteiger partial charge on any atom is -0.486 e. The normalized spacial score (nSPS) is 16.4. The van der Waals surface area contributed by atoms with Crippen molar-refractivity contribution in [2.24, 2.45) is 0 Å². The molecule has 29 heavy (non-hydrogen) atoms. The highest BCUT2D eigenvalue weighted by atomic mass is 16.6. The van der Waals surface area contributed by atoms with Gasteiger partial charge in [-0.25, -0.2) is 0 Å². The van der Waals surface area contributed by atoms with Crippen molar-refractivity contribution in [3.05, 3.63) is 57.0 Å². The Morgan fingerprint density at radius 1 is 1.10 bits per heavy atom. The van der Waals surface area contributed by atoms with Gasteiger partial charge in [-0.2, -0.15) is 0 Å². The zero-order valence-electron chi connectivity index (χ0n) is 16.9. The number of benzene rings is 1. The summed E-state index contributed by atoms with van der Waals surface area (Å²) in [5.41, 5.74) is 2.93. The average Bonchev–Trinajstić information content (AvgIpc) is 2.97. The van der Waals surface area contributed by atoms with Crippen LogP contribution in [0.15, 0.2) is 29.1 Å². The summed E-state index contributed by atoms with van der Waals surface area (Å²) in [5, 5.41) is 3.07. The molecule has 2 heterocycles. The number of carbonyl (C=O) groups is 1. The number of pyridine rings is 1. The molecule has 0 bridgehead atoms. The van der Waals surface area contributed by atoms with E-state index in [9.17, 15) is 9.59 Å². The SMILES string of the molecule is CCC[C@H](NC(=O)c1cc2c([nH]c1=O)CCCCC2)c1ccc2c(c1)OCCO2. The molecule has 4 rings (SSSR count). The first-order valence-corrected chi connectivity index (χ1v) is 10.6. The van der Waals surface area contributed by atoms with E-state index in [0.29, 0.717) is 19.0 Å². The molecule has 0 unspecified atom stereocenters. The van der Waals surface area contributed by atoms with Crippen LogP contribution in [0.2, 0.25) is 0 Å². The number of H-pyrrole nitrogens is 1. The van der Waals surface area contributed by atoms with Crippen molar-refractivity contribution in [1.82, 2.24) is 10.3 Å². The Bertz CT molecular complexity index is 950. The van der Waals surface area contributed by atoms with Gasteiger partial charge < -0.3 is 19.8 Å². The van der Waals surface area contributed by atoms with E-state index in [1.54, 1.807) is 6.07 Å². The van der Waals surface area contributed by atoms with Crippen LogP contribution in [-0.4, -0.2) is 24.1 Å². The molecular formula is C23H28N2O4. The highest BCUT2D eigenvalue weighted by Gasteiger charge is 2.22. The van der Waals surface area contributed by atoms with Crippen molar-refractivity contribution in [3.63, 3.8) is 0 Å². The van der Waals surface area contributed by atoms with E-state index in [1.807, 2.05) is 18.2 Å². The van der Waals surface area contributed by atoms with Gasteiger partial charge in [0.2, 0.25) is 0 Å². The van der Waals surface area contributed by atoms with Gasteiger partial charge in [-0.15, -0.1) is 0 Å². The first-order valence-electron chi connectivity index (χ1n) is 10.6. The molecule has 1 atom stereocenters. The van der Waals surface area contributed by atoms with Crippen LogP contribution in [0.1, 0.15) is 72.2 Å². The standard InChI is InChI=1S/C23H28N2O4/c1-2-6-18(16-9-10-20-21(14-16)29-12-11-28-20)24-22(26)17-13-15-7-4-3-5-8-19(15)25-23(17)27/h9-10,13-14,18H,2-8,11-12H2,1H3,(H,24,26)(H,25,27)/t18-/m0/s1. The number of aryl methyl sites for hydroxylation is 2. The van der Waals surface area contributed by atoms with Crippen LogP contribution in [0.5, 0.6) is 11.5 Å². The monoisotopic (exact) mass is 396 g/mol. The van der Waals surface area contributed by atoms with Gasteiger partial charge in [0.15, 0.2) is 11.5 Å². The highest BCUT2D eigenvalue weighted by molar-refractivity contribution is 5.94. The molecule has 1 aromatic heterocycles. The van der Waals surface area contributed by atoms with Gasteiger partial charge in [-0.05, 0) is 61.4 Å². The Labute approximate surface area is 170 Å². The maximum Gasteiger partial charge on any atom is 0.261 e. The molecular weight excluding hydrogens is 368 g/mol. The topological polar surface area (TPSA) is 80.4 Å². The van der Waals surface area contributed by atoms with Crippen LogP contribution in [0.25, 0.3) is 0 Å². The van der Waals surface area contributed by atoms with Crippen LogP contribution >= 0.6 is 0 Å². The predicted octanol–water partition coefficient (Wildman–Crippen LogP) is 3.69. The highest BCUT2D eigenvalue weighted by Crippen LogP contribution is 2.33. The first-order chi connectivity index (χ1) is 14.2. The van der Waals surface area contributed by atoms with Gasteiger partial charge in [0.1, 0.15) is 18.8 Å². The van der Waals surface area contributed by atoms with Gasteiger partial charge >= 0.3 is 0 Å². The van der Waals surface area contributed by atoms with E-state index in [0.717, 1.165) is 67.5 Å². The molecule has 6 nitrogen and oxygen atoms in total. The van der Waals surface area contributed by atoms with Gasteiger partial charge in [-0.1, -0.05) is 25.8 Å². The molecule has 154 valence electrons. The zero-order chi connectivity index (χ0) is 20.2. The number of hydrogen-bond acceptors (Lipinski definition) is 4. The van der Waals surface area contributed by atoms with E-state index >= 15 is 0 Å². The van der Waals surface area contributed by atoms with Crippen molar-refractivity contribution in [2.75, 3.05) is 13.2 Å². The second kappa shape index (κ2) is 8.72. The van der Waals surface area contributed by atoms with Crippen LogP contribution < -0.4 is 20.3 Å². The van der Waals surface area contributed by atoms with Crippen molar-refractivity contribution in [1.29, 1.82) is 0 Å². The Balaban J connectivity index is 1.58. The lowest BCUT2D eigenvalue weighted by molar-refractivity contribution is 0.0932. The summed E-state index contributed by atoms with van der Waals surface area (Å²) in [6.45, 7) is 3.14. The minimum absolute atomic E-state index is 0.193. The molecule has 1 aromatic carbocycles. The molecule has 0 saturated carbocycles. The van der Waals surface area contributed by atoms with E-state index < -0.39 is 0 Å². The molecule has 2 N–H and O–H groups in total. The minimum atomic E-state index is -0.327. The van der Waals surface area contributed by atoms with Gasteiger partial charge in [0.05, 0.1) is 6.04 Å². The van der Waals surface area contributed by atoms with Crippen LogP contribution in [0, 0.1) is 0 Å². The number of ether oxygens (including phenoxy) is 2. The lowest BCUT2D eigenvalue weighted by Crippen LogP contribution is -2.33. The second-order valence-electron chi connectivity index (χ2n) is 7.79. The molecule has 1 amide bonds. The largest absolute Gasteiger partial charge is 0.486 e.